The highest BCUT2D eigenvalue weighted by Gasteiger charge is 2.17. The van der Waals surface area contributed by atoms with E-state index in [-0.39, 0.29) is 0 Å². The zero-order valence-corrected chi connectivity index (χ0v) is 10.9. The molecule has 1 fully saturated rings. The SMILES string of the molecule is CCCN(Cc1cccs1)CC1CCCN1. The first-order valence-corrected chi connectivity index (χ1v) is 7.24. The fraction of sp³-hybridized carbons (Fsp3) is 0.692. The second-order valence-electron chi connectivity index (χ2n) is 4.61. The summed E-state index contributed by atoms with van der Waals surface area (Å²) in [5.74, 6) is 0. The second kappa shape index (κ2) is 6.38. The van der Waals surface area contributed by atoms with Crippen LogP contribution in [0.3, 0.4) is 0 Å². The summed E-state index contributed by atoms with van der Waals surface area (Å²) in [5, 5.41) is 5.76. The molecule has 0 amide bonds. The second-order valence-corrected chi connectivity index (χ2v) is 5.64. The lowest BCUT2D eigenvalue weighted by Gasteiger charge is -2.24. The third-order valence-corrected chi connectivity index (χ3v) is 4.00. The number of thiophene rings is 1. The molecule has 0 aliphatic carbocycles. The Morgan fingerprint density at radius 3 is 3.12 bits per heavy atom. The third-order valence-electron chi connectivity index (χ3n) is 3.14. The molecular weight excluding hydrogens is 216 g/mol. The van der Waals surface area contributed by atoms with Crippen molar-refractivity contribution in [3.8, 4) is 0 Å². The lowest BCUT2D eigenvalue weighted by Crippen LogP contribution is -2.37. The summed E-state index contributed by atoms with van der Waals surface area (Å²) in [6.07, 6.45) is 3.95. The Balaban J connectivity index is 1.83. The fourth-order valence-corrected chi connectivity index (χ4v) is 3.14. The van der Waals surface area contributed by atoms with Crippen LogP contribution in [0, 0.1) is 0 Å². The molecule has 1 aromatic rings. The van der Waals surface area contributed by atoms with Crippen LogP contribution in [-0.2, 0) is 6.54 Å². The Morgan fingerprint density at radius 2 is 2.50 bits per heavy atom. The van der Waals surface area contributed by atoms with Gasteiger partial charge in [-0.1, -0.05) is 13.0 Å². The van der Waals surface area contributed by atoms with Crippen molar-refractivity contribution in [3.63, 3.8) is 0 Å². The van der Waals surface area contributed by atoms with Gasteiger partial charge in [0, 0.05) is 24.0 Å². The monoisotopic (exact) mass is 238 g/mol. The summed E-state index contributed by atoms with van der Waals surface area (Å²) in [7, 11) is 0. The van der Waals surface area contributed by atoms with Crippen LogP contribution >= 0.6 is 11.3 Å². The van der Waals surface area contributed by atoms with Gasteiger partial charge in [0.05, 0.1) is 0 Å². The van der Waals surface area contributed by atoms with Crippen molar-refractivity contribution in [1.29, 1.82) is 0 Å². The molecule has 0 bridgehead atoms. The van der Waals surface area contributed by atoms with E-state index in [1.54, 1.807) is 0 Å². The number of nitrogens with one attached hydrogen (secondary N) is 1. The predicted octanol–water partition coefficient (Wildman–Crippen LogP) is 2.71. The number of hydrogen-bond donors (Lipinski definition) is 1. The van der Waals surface area contributed by atoms with Gasteiger partial charge in [-0.3, -0.25) is 4.90 Å². The van der Waals surface area contributed by atoms with Crippen molar-refractivity contribution in [1.82, 2.24) is 10.2 Å². The van der Waals surface area contributed by atoms with Gasteiger partial charge in [0.1, 0.15) is 0 Å². The maximum atomic E-state index is 3.59. The Labute approximate surface area is 103 Å². The molecule has 1 saturated heterocycles. The Morgan fingerprint density at radius 1 is 1.56 bits per heavy atom. The number of hydrogen-bond acceptors (Lipinski definition) is 3. The van der Waals surface area contributed by atoms with E-state index >= 15 is 0 Å². The molecule has 0 aromatic carbocycles. The van der Waals surface area contributed by atoms with Crippen LogP contribution in [0.4, 0.5) is 0 Å². The zero-order chi connectivity index (χ0) is 11.2. The smallest absolute Gasteiger partial charge is 0.0328 e. The normalized spacial score (nSPS) is 20.8. The summed E-state index contributed by atoms with van der Waals surface area (Å²) in [4.78, 5) is 4.08. The molecule has 0 radical (unpaired) electrons. The molecule has 0 saturated carbocycles. The number of rotatable bonds is 6. The van der Waals surface area contributed by atoms with E-state index < -0.39 is 0 Å². The lowest BCUT2D eigenvalue weighted by molar-refractivity contribution is 0.243. The predicted molar refractivity (Wildman–Crippen MR) is 70.9 cm³/mol. The zero-order valence-electron chi connectivity index (χ0n) is 10.1. The average molecular weight is 238 g/mol. The fourth-order valence-electron chi connectivity index (χ4n) is 2.40. The van der Waals surface area contributed by atoms with Crippen molar-refractivity contribution >= 4 is 11.3 Å². The molecule has 1 N–H and O–H groups in total. The minimum absolute atomic E-state index is 0.728. The van der Waals surface area contributed by atoms with Gasteiger partial charge in [0.15, 0.2) is 0 Å². The standard InChI is InChI=1S/C13H22N2S/c1-2-8-15(10-12-5-3-7-14-12)11-13-6-4-9-16-13/h4,6,9,12,14H,2-3,5,7-8,10-11H2,1H3. The van der Waals surface area contributed by atoms with Crippen LogP contribution in [0.25, 0.3) is 0 Å². The maximum absolute atomic E-state index is 3.59. The molecule has 1 atom stereocenters. The van der Waals surface area contributed by atoms with Gasteiger partial charge < -0.3 is 5.32 Å². The van der Waals surface area contributed by atoms with Crippen molar-refractivity contribution < 1.29 is 0 Å². The van der Waals surface area contributed by atoms with E-state index in [9.17, 15) is 0 Å². The van der Waals surface area contributed by atoms with Gasteiger partial charge in [-0.05, 0) is 43.8 Å². The molecule has 1 aliphatic heterocycles. The largest absolute Gasteiger partial charge is 0.313 e. The molecule has 0 spiro atoms. The van der Waals surface area contributed by atoms with Crippen LogP contribution in [-0.4, -0.2) is 30.6 Å². The molecule has 16 heavy (non-hydrogen) atoms. The van der Waals surface area contributed by atoms with Crippen LogP contribution in [0.1, 0.15) is 31.1 Å². The molecule has 90 valence electrons. The summed E-state index contributed by atoms with van der Waals surface area (Å²) in [6, 6.07) is 5.12. The Kier molecular flexibility index (Phi) is 4.82. The Hall–Kier alpha value is -0.380. The summed E-state index contributed by atoms with van der Waals surface area (Å²) >= 11 is 1.87. The summed E-state index contributed by atoms with van der Waals surface area (Å²) in [6.45, 7) is 7.04. The molecule has 1 aliphatic rings. The van der Waals surface area contributed by atoms with Crippen molar-refractivity contribution in [2.75, 3.05) is 19.6 Å². The van der Waals surface area contributed by atoms with Crippen LogP contribution < -0.4 is 5.32 Å². The van der Waals surface area contributed by atoms with Crippen LogP contribution in [0.5, 0.6) is 0 Å². The molecule has 2 heterocycles. The highest BCUT2D eigenvalue weighted by molar-refractivity contribution is 7.09. The van der Waals surface area contributed by atoms with Gasteiger partial charge in [-0.15, -0.1) is 11.3 Å². The van der Waals surface area contributed by atoms with Gasteiger partial charge >= 0.3 is 0 Å². The van der Waals surface area contributed by atoms with Crippen LogP contribution in [0.2, 0.25) is 0 Å². The van der Waals surface area contributed by atoms with E-state index in [2.05, 4.69) is 34.7 Å². The highest BCUT2D eigenvalue weighted by atomic mass is 32.1. The minimum Gasteiger partial charge on any atom is -0.313 e. The Bertz CT molecular complexity index is 278. The van der Waals surface area contributed by atoms with E-state index in [1.807, 2.05) is 11.3 Å². The molecule has 1 unspecified atom stereocenters. The highest BCUT2D eigenvalue weighted by Crippen LogP contribution is 2.14. The molecule has 2 nitrogen and oxygen atoms in total. The quantitative estimate of drug-likeness (QED) is 0.820. The number of nitrogens with zero attached hydrogens (tertiary/aromatic N) is 1. The van der Waals surface area contributed by atoms with Gasteiger partial charge in [0.2, 0.25) is 0 Å². The molecule has 1 aromatic heterocycles. The molecular formula is C13H22N2S. The minimum atomic E-state index is 0.728. The van der Waals surface area contributed by atoms with Gasteiger partial charge in [0.25, 0.3) is 0 Å². The van der Waals surface area contributed by atoms with E-state index in [4.69, 9.17) is 0 Å². The van der Waals surface area contributed by atoms with Gasteiger partial charge in [-0.2, -0.15) is 0 Å². The molecule has 3 heteroatoms. The van der Waals surface area contributed by atoms with E-state index in [1.165, 1.54) is 43.8 Å². The summed E-state index contributed by atoms with van der Waals surface area (Å²) < 4.78 is 0. The van der Waals surface area contributed by atoms with Crippen molar-refractivity contribution in [2.24, 2.45) is 0 Å². The topological polar surface area (TPSA) is 15.3 Å². The van der Waals surface area contributed by atoms with E-state index in [0.29, 0.717) is 0 Å². The third kappa shape index (κ3) is 3.58. The lowest BCUT2D eigenvalue weighted by atomic mass is 10.2. The molecule has 2 rings (SSSR count). The summed E-state index contributed by atoms with van der Waals surface area (Å²) in [5.41, 5.74) is 0. The van der Waals surface area contributed by atoms with Crippen LogP contribution in [0.15, 0.2) is 17.5 Å². The first-order chi connectivity index (χ1) is 7.88. The van der Waals surface area contributed by atoms with Gasteiger partial charge in [-0.25, -0.2) is 0 Å². The maximum Gasteiger partial charge on any atom is 0.0328 e. The van der Waals surface area contributed by atoms with Crippen molar-refractivity contribution in [3.05, 3.63) is 22.4 Å². The first kappa shape index (κ1) is 12.1. The van der Waals surface area contributed by atoms with E-state index in [0.717, 1.165) is 12.6 Å². The van der Waals surface area contributed by atoms with Crippen molar-refractivity contribution in [2.45, 2.75) is 38.8 Å². The average Bonchev–Trinajstić information content (AvgIpc) is 2.91. The first-order valence-electron chi connectivity index (χ1n) is 6.36.